The van der Waals surface area contributed by atoms with Crippen molar-refractivity contribution in [2.24, 2.45) is 17.8 Å². The molecule has 2 heteroatoms. The van der Waals surface area contributed by atoms with Gasteiger partial charge in [-0.3, -0.25) is 0 Å². The molecule has 1 saturated carbocycles. The predicted molar refractivity (Wildman–Crippen MR) is 69.7 cm³/mol. The molecule has 0 bridgehead atoms. The van der Waals surface area contributed by atoms with Crippen molar-refractivity contribution < 1.29 is 9.47 Å². The Bertz CT molecular complexity index is 254. The standard InChI is InChI=1S/C15H26O2/c1-4-5-14-11-13(10-12(2)3)6-7-15(14)16-8-9-17-15/h4,12-14H,1,5-11H2,2-3H3/t13-,14-/m1/s1. The van der Waals surface area contributed by atoms with Crippen molar-refractivity contribution in [3.05, 3.63) is 12.7 Å². The van der Waals surface area contributed by atoms with E-state index in [2.05, 4.69) is 20.4 Å². The Kier molecular flexibility index (Phi) is 4.26. The monoisotopic (exact) mass is 238 g/mol. The molecule has 0 aromatic rings. The first-order chi connectivity index (χ1) is 8.16. The zero-order chi connectivity index (χ0) is 12.3. The van der Waals surface area contributed by atoms with Gasteiger partial charge in [0.15, 0.2) is 5.79 Å². The molecule has 17 heavy (non-hydrogen) atoms. The van der Waals surface area contributed by atoms with E-state index in [0.717, 1.165) is 37.9 Å². The summed E-state index contributed by atoms with van der Waals surface area (Å²) >= 11 is 0. The molecule has 0 aromatic heterocycles. The van der Waals surface area contributed by atoms with Gasteiger partial charge in [0, 0.05) is 12.3 Å². The summed E-state index contributed by atoms with van der Waals surface area (Å²) in [7, 11) is 0. The lowest BCUT2D eigenvalue weighted by atomic mass is 9.73. The van der Waals surface area contributed by atoms with Gasteiger partial charge < -0.3 is 9.47 Å². The van der Waals surface area contributed by atoms with Crippen molar-refractivity contribution in [1.82, 2.24) is 0 Å². The molecule has 2 atom stereocenters. The minimum Gasteiger partial charge on any atom is -0.347 e. The highest BCUT2D eigenvalue weighted by molar-refractivity contribution is 4.93. The van der Waals surface area contributed by atoms with Crippen molar-refractivity contribution in [3.63, 3.8) is 0 Å². The van der Waals surface area contributed by atoms with Gasteiger partial charge in [0.05, 0.1) is 13.2 Å². The van der Waals surface area contributed by atoms with Gasteiger partial charge >= 0.3 is 0 Å². The molecular weight excluding hydrogens is 212 g/mol. The highest BCUT2D eigenvalue weighted by atomic mass is 16.7. The van der Waals surface area contributed by atoms with E-state index >= 15 is 0 Å². The highest BCUT2D eigenvalue weighted by Gasteiger charge is 2.47. The smallest absolute Gasteiger partial charge is 0.171 e. The molecule has 0 amide bonds. The van der Waals surface area contributed by atoms with E-state index in [-0.39, 0.29) is 5.79 Å². The van der Waals surface area contributed by atoms with Gasteiger partial charge in [0.2, 0.25) is 0 Å². The zero-order valence-corrected chi connectivity index (χ0v) is 11.3. The van der Waals surface area contributed by atoms with Crippen LogP contribution in [0.2, 0.25) is 0 Å². The maximum atomic E-state index is 5.93. The third-order valence-corrected chi connectivity index (χ3v) is 4.17. The molecule has 2 fully saturated rings. The third kappa shape index (κ3) is 2.92. The van der Waals surface area contributed by atoms with Gasteiger partial charge in [-0.05, 0) is 37.5 Å². The van der Waals surface area contributed by atoms with Crippen molar-refractivity contribution in [2.45, 2.75) is 51.7 Å². The SMILES string of the molecule is C=CC[C@@H]1C[C@@H](CC(C)C)CCC12OCCO2. The fraction of sp³-hybridized carbons (Fsp3) is 0.867. The Morgan fingerprint density at radius 1 is 1.35 bits per heavy atom. The van der Waals surface area contributed by atoms with Crippen LogP contribution in [0.4, 0.5) is 0 Å². The first kappa shape index (κ1) is 13.1. The number of ether oxygens (including phenoxy) is 2. The molecule has 0 unspecified atom stereocenters. The van der Waals surface area contributed by atoms with E-state index in [9.17, 15) is 0 Å². The molecular formula is C15H26O2. The number of hydrogen-bond acceptors (Lipinski definition) is 2. The van der Waals surface area contributed by atoms with E-state index in [1.807, 2.05) is 6.08 Å². The summed E-state index contributed by atoms with van der Waals surface area (Å²) in [5, 5.41) is 0. The largest absolute Gasteiger partial charge is 0.347 e. The molecule has 98 valence electrons. The Labute approximate surface area is 105 Å². The second-order valence-electron chi connectivity index (χ2n) is 6.00. The topological polar surface area (TPSA) is 18.5 Å². The van der Waals surface area contributed by atoms with Crippen LogP contribution in [0.5, 0.6) is 0 Å². The summed E-state index contributed by atoms with van der Waals surface area (Å²) in [6.07, 6.45) is 7.95. The molecule has 0 aromatic carbocycles. The van der Waals surface area contributed by atoms with Gasteiger partial charge in [-0.1, -0.05) is 19.9 Å². The minimum absolute atomic E-state index is 0.262. The van der Waals surface area contributed by atoms with Crippen LogP contribution in [-0.4, -0.2) is 19.0 Å². The van der Waals surface area contributed by atoms with E-state index in [1.54, 1.807) is 0 Å². The molecule has 2 rings (SSSR count). The van der Waals surface area contributed by atoms with Crippen molar-refractivity contribution in [3.8, 4) is 0 Å². The highest BCUT2D eigenvalue weighted by Crippen LogP contribution is 2.45. The first-order valence-electron chi connectivity index (χ1n) is 7.05. The van der Waals surface area contributed by atoms with E-state index in [0.29, 0.717) is 5.92 Å². The van der Waals surface area contributed by atoms with Gasteiger partial charge in [-0.15, -0.1) is 6.58 Å². The third-order valence-electron chi connectivity index (χ3n) is 4.17. The fourth-order valence-corrected chi connectivity index (χ4v) is 3.52. The number of rotatable bonds is 4. The first-order valence-corrected chi connectivity index (χ1v) is 7.05. The van der Waals surface area contributed by atoms with Crippen LogP contribution in [-0.2, 0) is 9.47 Å². The van der Waals surface area contributed by atoms with E-state index in [1.165, 1.54) is 19.3 Å². The maximum absolute atomic E-state index is 5.93. The fourth-order valence-electron chi connectivity index (χ4n) is 3.52. The van der Waals surface area contributed by atoms with E-state index in [4.69, 9.17) is 9.47 Å². The lowest BCUT2D eigenvalue weighted by molar-refractivity contribution is -0.218. The van der Waals surface area contributed by atoms with Crippen LogP contribution in [0.1, 0.15) is 46.0 Å². The van der Waals surface area contributed by atoms with Crippen LogP contribution in [0.25, 0.3) is 0 Å². The van der Waals surface area contributed by atoms with E-state index < -0.39 is 0 Å². The summed E-state index contributed by atoms with van der Waals surface area (Å²) in [4.78, 5) is 0. The van der Waals surface area contributed by atoms with Crippen molar-refractivity contribution >= 4 is 0 Å². The summed E-state index contributed by atoms with van der Waals surface area (Å²) in [6, 6.07) is 0. The summed E-state index contributed by atoms with van der Waals surface area (Å²) in [6.45, 7) is 10.0. The zero-order valence-electron chi connectivity index (χ0n) is 11.3. The molecule has 1 saturated heterocycles. The maximum Gasteiger partial charge on any atom is 0.171 e. The van der Waals surface area contributed by atoms with Crippen LogP contribution < -0.4 is 0 Å². The van der Waals surface area contributed by atoms with Crippen molar-refractivity contribution in [1.29, 1.82) is 0 Å². The van der Waals surface area contributed by atoms with Crippen LogP contribution in [0.15, 0.2) is 12.7 Å². The molecule has 1 aliphatic heterocycles. The van der Waals surface area contributed by atoms with Gasteiger partial charge in [-0.25, -0.2) is 0 Å². The van der Waals surface area contributed by atoms with Crippen LogP contribution in [0, 0.1) is 17.8 Å². The Morgan fingerprint density at radius 3 is 2.65 bits per heavy atom. The average Bonchev–Trinajstić information content (AvgIpc) is 2.73. The Hall–Kier alpha value is -0.340. The number of allylic oxidation sites excluding steroid dienone is 1. The summed E-state index contributed by atoms with van der Waals surface area (Å²) in [5.74, 6) is 1.89. The molecule has 1 spiro atoms. The molecule has 1 aliphatic carbocycles. The molecule has 0 radical (unpaired) electrons. The summed E-state index contributed by atoms with van der Waals surface area (Å²) in [5.41, 5.74) is 0. The molecule has 2 nitrogen and oxygen atoms in total. The lowest BCUT2D eigenvalue weighted by Crippen LogP contribution is -2.44. The minimum atomic E-state index is -0.262. The number of hydrogen-bond donors (Lipinski definition) is 0. The Balaban J connectivity index is 2.00. The Morgan fingerprint density at radius 2 is 2.06 bits per heavy atom. The molecule has 2 aliphatic rings. The lowest BCUT2D eigenvalue weighted by Gasteiger charge is -2.42. The van der Waals surface area contributed by atoms with Gasteiger partial charge in [0.1, 0.15) is 0 Å². The van der Waals surface area contributed by atoms with Gasteiger partial charge in [-0.2, -0.15) is 0 Å². The summed E-state index contributed by atoms with van der Waals surface area (Å²) < 4.78 is 11.9. The quantitative estimate of drug-likeness (QED) is 0.694. The van der Waals surface area contributed by atoms with Crippen molar-refractivity contribution in [2.75, 3.05) is 13.2 Å². The molecule has 0 N–H and O–H groups in total. The van der Waals surface area contributed by atoms with Crippen LogP contribution >= 0.6 is 0 Å². The average molecular weight is 238 g/mol. The van der Waals surface area contributed by atoms with Gasteiger partial charge in [0.25, 0.3) is 0 Å². The second kappa shape index (κ2) is 5.53. The predicted octanol–water partition coefficient (Wildman–Crippen LogP) is 3.77. The molecule has 1 heterocycles. The second-order valence-corrected chi connectivity index (χ2v) is 6.00. The van der Waals surface area contributed by atoms with Crippen LogP contribution in [0.3, 0.4) is 0 Å². The normalized spacial score (nSPS) is 32.2.